The smallest absolute Gasteiger partial charge is 0.414 e. The molecule has 0 bridgehead atoms. The first kappa shape index (κ1) is 17.8. The number of nitrogens with zero attached hydrogens (tertiary/aromatic N) is 1. The van der Waals surface area contributed by atoms with Crippen LogP contribution < -0.4 is 9.64 Å². The summed E-state index contributed by atoms with van der Waals surface area (Å²) in [5.41, 5.74) is 0.685. The number of hydrogen-bond donors (Lipinski definition) is 1. The highest BCUT2D eigenvalue weighted by molar-refractivity contribution is 7.17. The van der Waals surface area contributed by atoms with Crippen molar-refractivity contribution in [2.75, 3.05) is 24.7 Å². The van der Waals surface area contributed by atoms with Gasteiger partial charge in [0.2, 0.25) is 0 Å². The summed E-state index contributed by atoms with van der Waals surface area (Å²) in [7, 11) is 0. The second-order valence-electron chi connectivity index (χ2n) is 5.65. The van der Waals surface area contributed by atoms with Crippen LogP contribution >= 0.6 is 11.3 Å². The zero-order chi connectivity index (χ0) is 18.0. The Bertz CT molecular complexity index is 761. The van der Waals surface area contributed by atoms with E-state index in [4.69, 9.17) is 14.6 Å². The molecule has 3 rings (SSSR count). The van der Waals surface area contributed by atoms with Crippen LogP contribution in [0.3, 0.4) is 0 Å². The molecule has 0 radical (unpaired) electrons. The molecule has 5 nitrogen and oxygen atoms in total. The van der Waals surface area contributed by atoms with Crippen molar-refractivity contribution < 1.29 is 32.5 Å². The maximum absolute atomic E-state index is 12.1. The Morgan fingerprint density at radius 1 is 1.40 bits per heavy atom. The summed E-state index contributed by atoms with van der Waals surface area (Å²) < 4.78 is 47.6. The number of amides is 1. The normalized spacial score (nSPS) is 18.0. The molecule has 1 aromatic carbocycles. The predicted molar refractivity (Wildman–Crippen MR) is 87.3 cm³/mol. The fraction of sp³-hybridized carbons (Fsp3) is 0.438. The van der Waals surface area contributed by atoms with Crippen molar-refractivity contribution >= 4 is 33.2 Å². The highest BCUT2D eigenvalue weighted by atomic mass is 32.1. The largest absolute Gasteiger partial charge is 0.494 e. The van der Waals surface area contributed by atoms with Gasteiger partial charge in [-0.1, -0.05) is 0 Å². The van der Waals surface area contributed by atoms with E-state index in [0.717, 1.165) is 10.1 Å². The van der Waals surface area contributed by atoms with Crippen molar-refractivity contribution in [2.45, 2.75) is 25.1 Å². The number of hydrogen-bond acceptors (Lipinski definition) is 5. The molecule has 136 valence electrons. The lowest BCUT2D eigenvalue weighted by Gasteiger charge is -2.12. The van der Waals surface area contributed by atoms with Crippen LogP contribution in [0.4, 0.5) is 23.7 Å². The minimum atomic E-state index is -4.17. The molecular formula is C16H16F3NO4S. The van der Waals surface area contributed by atoms with E-state index < -0.39 is 24.8 Å². The molecule has 0 aliphatic carbocycles. The van der Waals surface area contributed by atoms with Crippen LogP contribution in [0.5, 0.6) is 5.75 Å². The lowest BCUT2D eigenvalue weighted by molar-refractivity contribution is -0.136. The van der Waals surface area contributed by atoms with Gasteiger partial charge in [0.1, 0.15) is 11.9 Å². The Balaban J connectivity index is 1.68. The van der Waals surface area contributed by atoms with Crippen LogP contribution in [0.1, 0.15) is 12.8 Å². The van der Waals surface area contributed by atoms with E-state index in [1.807, 2.05) is 0 Å². The fourth-order valence-electron chi connectivity index (χ4n) is 2.57. The van der Waals surface area contributed by atoms with Crippen LogP contribution in [0.2, 0.25) is 0 Å². The number of benzene rings is 1. The number of alkyl halides is 3. The van der Waals surface area contributed by atoms with Crippen molar-refractivity contribution in [3.8, 4) is 5.75 Å². The summed E-state index contributed by atoms with van der Waals surface area (Å²) in [6.45, 7) is 0.0248. The van der Waals surface area contributed by atoms with Gasteiger partial charge in [0, 0.05) is 21.9 Å². The minimum absolute atomic E-state index is 0.0140. The Kier molecular flexibility index (Phi) is 5.05. The molecule has 0 spiro atoms. The van der Waals surface area contributed by atoms with Gasteiger partial charge in [-0.15, -0.1) is 11.3 Å². The molecular weight excluding hydrogens is 359 g/mol. The number of anilines is 1. The van der Waals surface area contributed by atoms with Gasteiger partial charge in [-0.25, -0.2) is 4.79 Å². The molecule has 0 unspecified atom stereocenters. The molecule has 0 saturated carbocycles. The van der Waals surface area contributed by atoms with Crippen molar-refractivity contribution in [1.29, 1.82) is 0 Å². The number of thiophene rings is 1. The number of carbonyl (C=O) groups excluding carboxylic acids is 1. The monoisotopic (exact) mass is 375 g/mol. The van der Waals surface area contributed by atoms with Gasteiger partial charge < -0.3 is 14.6 Å². The summed E-state index contributed by atoms with van der Waals surface area (Å²) in [6, 6.07) is 5.17. The van der Waals surface area contributed by atoms with E-state index in [2.05, 4.69) is 0 Å². The van der Waals surface area contributed by atoms with Gasteiger partial charge in [-0.2, -0.15) is 13.2 Å². The zero-order valence-corrected chi connectivity index (χ0v) is 13.9. The molecule has 2 heterocycles. The number of fused-ring (bicyclic) bond motifs is 1. The lowest BCUT2D eigenvalue weighted by atomic mass is 10.2. The van der Waals surface area contributed by atoms with Crippen LogP contribution in [-0.2, 0) is 4.74 Å². The van der Waals surface area contributed by atoms with Crippen molar-refractivity contribution in [3.05, 3.63) is 23.6 Å². The molecule has 1 saturated heterocycles. The van der Waals surface area contributed by atoms with Gasteiger partial charge in [-0.05, 0) is 24.6 Å². The maximum Gasteiger partial charge on any atom is 0.414 e. The second-order valence-corrected chi connectivity index (χ2v) is 6.56. The maximum atomic E-state index is 12.1. The summed E-state index contributed by atoms with van der Waals surface area (Å²) in [4.78, 5) is 13.4. The van der Waals surface area contributed by atoms with E-state index in [0.29, 0.717) is 11.4 Å². The molecule has 1 aromatic heterocycles. The number of aliphatic hydroxyl groups is 1. The van der Waals surface area contributed by atoms with E-state index in [1.165, 1.54) is 16.2 Å². The van der Waals surface area contributed by atoms with Crippen molar-refractivity contribution in [1.82, 2.24) is 0 Å². The van der Waals surface area contributed by atoms with Crippen LogP contribution in [0.25, 0.3) is 10.1 Å². The third kappa shape index (κ3) is 4.16. The third-order valence-corrected chi connectivity index (χ3v) is 4.70. The molecule has 1 atom stereocenters. The van der Waals surface area contributed by atoms with E-state index in [1.54, 1.807) is 23.6 Å². The number of aliphatic hydroxyl groups excluding tert-OH is 1. The topological polar surface area (TPSA) is 59.0 Å². The number of carbonyl (C=O) groups is 1. The molecule has 2 aromatic rings. The molecule has 1 aliphatic rings. The Morgan fingerprint density at radius 3 is 2.88 bits per heavy atom. The number of cyclic esters (lactones) is 1. The summed E-state index contributed by atoms with van der Waals surface area (Å²) in [5.74, 6) is 0.486. The summed E-state index contributed by atoms with van der Waals surface area (Å²) in [5, 5.41) is 11.7. The third-order valence-electron chi connectivity index (χ3n) is 3.77. The lowest BCUT2D eigenvalue weighted by Crippen LogP contribution is -2.24. The van der Waals surface area contributed by atoms with Crippen molar-refractivity contribution in [3.63, 3.8) is 0 Å². The van der Waals surface area contributed by atoms with Crippen LogP contribution in [0, 0.1) is 0 Å². The van der Waals surface area contributed by atoms with Crippen LogP contribution in [-0.4, -0.2) is 43.2 Å². The average molecular weight is 375 g/mol. The first-order chi connectivity index (χ1) is 11.9. The van der Waals surface area contributed by atoms with Gasteiger partial charge in [0.05, 0.1) is 25.4 Å². The molecule has 9 heteroatoms. The fourth-order valence-corrected chi connectivity index (χ4v) is 3.55. The first-order valence-corrected chi connectivity index (χ1v) is 8.55. The highest BCUT2D eigenvalue weighted by Gasteiger charge is 2.33. The average Bonchev–Trinajstić information content (AvgIpc) is 3.13. The summed E-state index contributed by atoms with van der Waals surface area (Å²) >= 11 is 1.40. The zero-order valence-electron chi connectivity index (χ0n) is 13.1. The van der Waals surface area contributed by atoms with E-state index in [9.17, 15) is 18.0 Å². The predicted octanol–water partition coefficient (Wildman–Crippen LogP) is 3.94. The van der Waals surface area contributed by atoms with Gasteiger partial charge >= 0.3 is 12.3 Å². The Labute approximate surface area is 145 Å². The minimum Gasteiger partial charge on any atom is -0.494 e. The van der Waals surface area contributed by atoms with Gasteiger partial charge in [0.25, 0.3) is 0 Å². The Morgan fingerprint density at radius 2 is 2.20 bits per heavy atom. The number of halogens is 3. The summed E-state index contributed by atoms with van der Waals surface area (Å²) in [6.07, 6.45) is -6.20. The highest BCUT2D eigenvalue weighted by Crippen LogP contribution is 2.37. The molecule has 1 N–H and O–H groups in total. The van der Waals surface area contributed by atoms with Gasteiger partial charge in [0.15, 0.2) is 0 Å². The van der Waals surface area contributed by atoms with Gasteiger partial charge in [-0.3, -0.25) is 4.90 Å². The SMILES string of the molecule is O=C1O[C@@H](CO)CN1c1csc2cc(OCCCC(F)(F)F)ccc12. The second kappa shape index (κ2) is 7.09. The number of rotatable bonds is 6. The molecule has 25 heavy (non-hydrogen) atoms. The van der Waals surface area contributed by atoms with Crippen molar-refractivity contribution in [2.24, 2.45) is 0 Å². The Hall–Kier alpha value is -2.00. The first-order valence-electron chi connectivity index (χ1n) is 7.67. The standard InChI is InChI=1S/C16H16F3NO4S/c17-16(18,19)4-1-5-23-10-2-3-12-13(9-25-14(12)6-10)20-7-11(8-21)24-15(20)22/h2-3,6,9,11,21H,1,4-5,7-8H2/t11-/m1/s1. The molecule has 1 fully saturated rings. The van der Waals surface area contributed by atoms with E-state index >= 15 is 0 Å². The molecule has 1 amide bonds. The van der Waals surface area contributed by atoms with E-state index in [-0.39, 0.29) is 26.2 Å². The number of ether oxygens (including phenoxy) is 2. The van der Waals surface area contributed by atoms with Crippen LogP contribution in [0.15, 0.2) is 23.6 Å². The molecule has 1 aliphatic heterocycles. The quantitative estimate of drug-likeness (QED) is 0.777.